The lowest BCUT2D eigenvalue weighted by molar-refractivity contribution is 0.0529. The lowest BCUT2D eigenvalue weighted by Gasteiger charge is -2.09. The molecule has 1 amide bonds. The first-order chi connectivity index (χ1) is 16.7. The molecule has 3 aromatic heterocycles. The number of nitrogens with zero attached hydrogens (tertiary/aromatic N) is 2. The zero-order valence-corrected chi connectivity index (χ0v) is 21.9. The van der Waals surface area contributed by atoms with E-state index in [0.29, 0.717) is 48.6 Å². The van der Waals surface area contributed by atoms with Gasteiger partial charge < -0.3 is 19.9 Å². The molecule has 8 nitrogen and oxygen atoms in total. The summed E-state index contributed by atoms with van der Waals surface area (Å²) in [5.41, 5.74) is 1.94. The second-order valence-electron chi connectivity index (χ2n) is 8.02. The third-order valence-electron chi connectivity index (χ3n) is 5.17. The minimum absolute atomic E-state index is 0.196. The molecule has 0 saturated heterocycles. The SMILES string of the molecule is CCOC(=O)c1c(-c2ccc(Cl)cc2)csc1NC(=O)c1sc2nc(CN(C)C)[nH]c(=O)c2c1C. The number of amides is 1. The summed E-state index contributed by atoms with van der Waals surface area (Å²) in [6, 6.07) is 7.07. The summed E-state index contributed by atoms with van der Waals surface area (Å²) < 4.78 is 5.27. The molecule has 0 bridgehead atoms. The standard InChI is InChI=1S/C24H23ClN4O4S2/c1-5-33-24(32)18-15(13-6-8-14(25)9-7-13)11-34-22(18)28-21(31)19-12(2)17-20(30)26-16(10-29(3)4)27-23(17)35-19/h6-9,11H,5,10H2,1-4H3,(H,28,31)(H,26,27,30). The first kappa shape index (κ1) is 25.1. The fourth-order valence-corrected chi connectivity index (χ4v) is 5.81. The first-order valence-electron chi connectivity index (χ1n) is 10.7. The van der Waals surface area contributed by atoms with Crippen molar-refractivity contribution in [3.8, 4) is 11.1 Å². The number of rotatable bonds is 7. The van der Waals surface area contributed by atoms with Gasteiger partial charge in [-0.05, 0) is 51.2 Å². The Morgan fingerprint density at radius 2 is 1.94 bits per heavy atom. The van der Waals surface area contributed by atoms with Crippen LogP contribution in [0, 0.1) is 6.92 Å². The summed E-state index contributed by atoms with van der Waals surface area (Å²) >= 11 is 8.39. The van der Waals surface area contributed by atoms with Crippen molar-refractivity contribution in [2.75, 3.05) is 26.0 Å². The molecule has 0 radical (unpaired) electrons. The van der Waals surface area contributed by atoms with Crippen LogP contribution in [0.4, 0.5) is 5.00 Å². The molecule has 35 heavy (non-hydrogen) atoms. The van der Waals surface area contributed by atoms with Crippen molar-refractivity contribution in [1.29, 1.82) is 0 Å². The Kier molecular flexibility index (Phi) is 7.36. The molecular weight excluding hydrogens is 508 g/mol. The second kappa shape index (κ2) is 10.3. The van der Waals surface area contributed by atoms with Gasteiger partial charge in [0.05, 0.1) is 23.4 Å². The van der Waals surface area contributed by atoms with E-state index < -0.39 is 11.9 Å². The molecule has 0 saturated carbocycles. The number of fused-ring (bicyclic) bond motifs is 1. The van der Waals surface area contributed by atoms with Crippen LogP contribution in [0.15, 0.2) is 34.4 Å². The Labute approximate surface area is 214 Å². The summed E-state index contributed by atoms with van der Waals surface area (Å²) in [4.78, 5) is 48.9. The first-order valence-corrected chi connectivity index (χ1v) is 12.8. The van der Waals surface area contributed by atoms with Crippen LogP contribution in [0.3, 0.4) is 0 Å². The van der Waals surface area contributed by atoms with E-state index in [2.05, 4.69) is 15.3 Å². The molecule has 2 N–H and O–H groups in total. The minimum atomic E-state index is -0.534. The van der Waals surface area contributed by atoms with E-state index in [9.17, 15) is 14.4 Å². The number of esters is 1. The van der Waals surface area contributed by atoms with Gasteiger partial charge in [-0.15, -0.1) is 22.7 Å². The monoisotopic (exact) mass is 530 g/mol. The van der Waals surface area contributed by atoms with Crippen molar-refractivity contribution in [3.05, 3.63) is 66.9 Å². The highest BCUT2D eigenvalue weighted by atomic mass is 35.5. The van der Waals surface area contributed by atoms with E-state index in [1.165, 1.54) is 11.3 Å². The number of thiophene rings is 2. The fraction of sp³-hybridized carbons (Fsp3) is 0.250. The van der Waals surface area contributed by atoms with Gasteiger partial charge in [0.1, 0.15) is 21.2 Å². The molecule has 0 spiro atoms. The number of carbonyl (C=O) groups is 2. The second-order valence-corrected chi connectivity index (χ2v) is 10.3. The molecule has 11 heteroatoms. The van der Waals surface area contributed by atoms with Crippen LogP contribution in [0.1, 0.15) is 38.3 Å². The number of halogens is 1. The van der Waals surface area contributed by atoms with Crippen molar-refractivity contribution >= 4 is 61.4 Å². The van der Waals surface area contributed by atoms with E-state index >= 15 is 0 Å². The Balaban J connectivity index is 1.72. The van der Waals surface area contributed by atoms with E-state index in [-0.39, 0.29) is 17.7 Å². The lowest BCUT2D eigenvalue weighted by Crippen LogP contribution is -2.18. The Hall–Kier alpha value is -3.05. The van der Waals surface area contributed by atoms with E-state index in [0.717, 1.165) is 16.9 Å². The number of nitrogens with one attached hydrogen (secondary N) is 2. The molecule has 4 aromatic rings. The maximum absolute atomic E-state index is 13.3. The highest BCUT2D eigenvalue weighted by molar-refractivity contribution is 7.21. The van der Waals surface area contributed by atoms with Crippen LogP contribution in [-0.2, 0) is 11.3 Å². The number of ether oxygens (including phenoxy) is 1. The molecule has 0 atom stereocenters. The molecule has 4 rings (SSSR count). The Morgan fingerprint density at radius 3 is 2.60 bits per heavy atom. The summed E-state index contributed by atoms with van der Waals surface area (Å²) in [5, 5.41) is 5.98. The number of hydrogen-bond acceptors (Lipinski definition) is 8. The summed E-state index contributed by atoms with van der Waals surface area (Å²) in [5.74, 6) is -0.432. The van der Waals surface area contributed by atoms with Gasteiger partial charge >= 0.3 is 5.97 Å². The van der Waals surface area contributed by atoms with E-state index in [1.54, 1.807) is 43.5 Å². The minimum Gasteiger partial charge on any atom is -0.462 e. The molecule has 0 aliphatic carbocycles. The largest absolute Gasteiger partial charge is 0.462 e. The summed E-state index contributed by atoms with van der Waals surface area (Å²) in [7, 11) is 3.76. The van der Waals surface area contributed by atoms with Crippen LogP contribution in [0.25, 0.3) is 21.3 Å². The molecule has 0 unspecified atom stereocenters. The Morgan fingerprint density at radius 1 is 1.23 bits per heavy atom. The summed E-state index contributed by atoms with van der Waals surface area (Å²) in [6.45, 7) is 4.10. The number of carbonyl (C=O) groups excluding carboxylic acids is 2. The topological polar surface area (TPSA) is 104 Å². The van der Waals surface area contributed by atoms with Gasteiger partial charge in [0.15, 0.2) is 0 Å². The number of anilines is 1. The average molecular weight is 531 g/mol. The van der Waals surface area contributed by atoms with Crippen molar-refractivity contribution in [2.24, 2.45) is 0 Å². The average Bonchev–Trinajstić information content (AvgIpc) is 3.35. The van der Waals surface area contributed by atoms with Crippen molar-refractivity contribution in [2.45, 2.75) is 20.4 Å². The van der Waals surface area contributed by atoms with Gasteiger partial charge in [-0.25, -0.2) is 9.78 Å². The van der Waals surface area contributed by atoms with Crippen LogP contribution in [-0.4, -0.2) is 47.4 Å². The predicted octanol–water partition coefficient (Wildman–Crippen LogP) is 5.17. The number of aromatic amines is 1. The number of aryl methyl sites for hydroxylation is 1. The van der Waals surface area contributed by atoms with Gasteiger partial charge in [-0.1, -0.05) is 23.7 Å². The zero-order valence-electron chi connectivity index (χ0n) is 19.5. The molecule has 0 fully saturated rings. The van der Waals surface area contributed by atoms with Gasteiger partial charge in [-0.3, -0.25) is 9.59 Å². The highest BCUT2D eigenvalue weighted by Crippen LogP contribution is 2.37. The number of aromatic nitrogens is 2. The normalized spacial score (nSPS) is 11.3. The predicted molar refractivity (Wildman–Crippen MR) is 141 cm³/mol. The van der Waals surface area contributed by atoms with E-state index in [1.807, 2.05) is 19.0 Å². The molecule has 3 heterocycles. The van der Waals surface area contributed by atoms with Crippen LogP contribution >= 0.6 is 34.3 Å². The van der Waals surface area contributed by atoms with Crippen molar-refractivity contribution in [3.63, 3.8) is 0 Å². The maximum atomic E-state index is 13.3. The Bertz CT molecular complexity index is 1470. The quantitative estimate of drug-likeness (QED) is 0.320. The van der Waals surface area contributed by atoms with Gasteiger partial charge in [-0.2, -0.15) is 0 Å². The molecule has 182 valence electrons. The van der Waals surface area contributed by atoms with Crippen LogP contribution in [0.5, 0.6) is 0 Å². The molecule has 0 aliphatic heterocycles. The van der Waals surface area contributed by atoms with Crippen molar-refractivity contribution < 1.29 is 14.3 Å². The highest BCUT2D eigenvalue weighted by Gasteiger charge is 2.25. The number of hydrogen-bond donors (Lipinski definition) is 2. The van der Waals surface area contributed by atoms with Crippen LogP contribution < -0.4 is 10.9 Å². The van der Waals surface area contributed by atoms with Gasteiger partial charge in [0, 0.05) is 16.0 Å². The maximum Gasteiger partial charge on any atom is 0.341 e. The molecule has 0 aliphatic rings. The lowest BCUT2D eigenvalue weighted by atomic mass is 10.0. The zero-order chi connectivity index (χ0) is 25.3. The van der Waals surface area contributed by atoms with Crippen LogP contribution in [0.2, 0.25) is 5.02 Å². The van der Waals surface area contributed by atoms with E-state index in [4.69, 9.17) is 16.3 Å². The smallest absolute Gasteiger partial charge is 0.341 e. The number of benzene rings is 1. The van der Waals surface area contributed by atoms with Crippen molar-refractivity contribution in [1.82, 2.24) is 14.9 Å². The van der Waals surface area contributed by atoms with Gasteiger partial charge in [0.25, 0.3) is 11.5 Å². The molecular formula is C24H23ClN4O4S2. The third-order valence-corrected chi connectivity index (χ3v) is 7.51. The molecule has 1 aromatic carbocycles. The fourth-order valence-electron chi connectivity index (χ4n) is 3.64. The number of H-pyrrole nitrogens is 1. The third kappa shape index (κ3) is 5.15. The van der Waals surface area contributed by atoms with Gasteiger partial charge in [0.2, 0.25) is 0 Å². The summed E-state index contributed by atoms with van der Waals surface area (Å²) in [6.07, 6.45) is 0.